The van der Waals surface area contributed by atoms with Crippen LogP contribution in [0.1, 0.15) is 6.23 Å². The summed E-state index contributed by atoms with van der Waals surface area (Å²) in [5.74, 6) is -3.81. The Morgan fingerprint density at radius 3 is 2.48 bits per heavy atom. The number of halogens is 2. The summed E-state index contributed by atoms with van der Waals surface area (Å²) >= 11 is 0. The van der Waals surface area contributed by atoms with E-state index in [1.807, 2.05) is 4.98 Å². The van der Waals surface area contributed by atoms with Gasteiger partial charge in [0, 0.05) is 12.3 Å². The summed E-state index contributed by atoms with van der Waals surface area (Å²) in [6.07, 6.45) is -10.9. The number of rotatable bonds is 5. The summed E-state index contributed by atoms with van der Waals surface area (Å²) in [4.78, 5) is 24.8. The molecule has 2 aliphatic heterocycles. The molecule has 2 fully saturated rings. The molecule has 27 heavy (non-hydrogen) atoms. The molecule has 0 spiro atoms. The van der Waals surface area contributed by atoms with E-state index < -0.39 is 73.4 Å². The van der Waals surface area contributed by atoms with Gasteiger partial charge in [-0.15, -0.1) is 0 Å². The highest BCUT2D eigenvalue weighted by molar-refractivity contribution is 4.95. The largest absolute Gasteiger partial charge is 0.394 e. The van der Waals surface area contributed by atoms with Crippen LogP contribution in [0.25, 0.3) is 0 Å². The first-order chi connectivity index (χ1) is 12.7. The van der Waals surface area contributed by atoms with Crippen LogP contribution in [0.5, 0.6) is 0 Å². The first-order valence-corrected chi connectivity index (χ1v) is 7.93. The second-order valence-electron chi connectivity index (χ2n) is 6.21. The molecule has 0 unspecified atom stereocenters. The maximum absolute atomic E-state index is 13.9. The summed E-state index contributed by atoms with van der Waals surface area (Å²) in [5, 5.41) is 38.4. The number of nitrogens with zero attached hydrogens (tertiary/aromatic N) is 1. The molecule has 13 heteroatoms. The lowest BCUT2D eigenvalue weighted by Crippen LogP contribution is -2.43. The number of ether oxygens (including phenoxy) is 3. The van der Waals surface area contributed by atoms with Gasteiger partial charge in [0.05, 0.1) is 13.2 Å². The Balaban J connectivity index is 1.68. The molecular weight excluding hydrogens is 378 g/mol. The Kier molecular flexibility index (Phi) is 5.45. The highest BCUT2D eigenvalue weighted by Crippen LogP contribution is 2.37. The molecule has 0 saturated carbocycles. The summed E-state index contributed by atoms with van der Waals surface area (Å²) in [6, 6.07) is 0.997. The molecule has 3 heterocycles. The van der Waals surface area contributed by atoms with Gasteiger partial charge in [0.25, 0.3) is 5.56 Å². The van der Waals surface area contributed by atoms with E-state index in [4.69, 9.17) is 19.3 Å². The third-order valence-electron chi connectivity index (χ3n) is 4.41. The minimum atomic E-state index is -3.81. The van der Waals surface area contributed by atoms with Crippen molar-refractivity contribution in [2.45, 2.75) is 49.0 Å². The highest BCUT2D eigenvalue weighted by atomic mass is 19.3. The van der Waals surface area contributed by atoms with Gasteiger partial charge in [0.1, 0.15) is 24.4 Å². The van der Waals surface area contributed by atoms with E-state index in [-0.39, 0.29) is 0 Å². The predicted octanol–water partition coefficient (Wildman–Crippen LogP) is -3.11. The van der Waals surface area contributed by atoms with Gasteiger partial charge < -0.3 is 34.6 Å². The first kappa shape index (κ1) is 20.0. The van der Waals surface area contributed by atoms with E-state index >= 15 is 0 Å². The predicted molar refractivity (Wildman–Crippen MR) is 79.9 cm³/mol. The Morgan fingerprint density at radius 1 is 1.19 bits per heavy atom. The van der Waals surface area contributed by atoms with Crippen molar-refractivity contribution in [1.82, 2.24) is 9.55 Å². The van der Waals surface area contributed by atoms with E-state index in [0.717, 1.165) is 16.8 Å². The number of nitrogens with one attached hydrogen (secondary N) is 1. The van der Waals surface area contributed by atoms with Crippen molar-refractivity contribution in [2.75, 3.05) is 13.2 Å². The number of aromatic nitrogens is 2. The SMILES string of the molecule is O=c1ccn([C@@H]2O[C@H](CO[C@@H]3O[C@H](CO)[C@@H](O)C3(F)F)[C@@H](O)[C@H]2O)c(=O)[nH]1. The maximum Gasteiger partial charge on any atom is 0.330 e. The summed E-state index contributed by atoms with van der Waals surface area (Å²) in [7, 11) is 0. The molecule has 152 valence electrons. The first-order valence-electron chi connectivity index (χ1n) is 7.93. The minimum Gasteiger partial charge on any atom is -0.394 e. The molecular formula is C14H18F2N2O9. The van der Waals surface area contributed by atoms with Gasteiger partial charge in [-0.1, -0.05) is 0 Å². The molecule has 2 saturated heterocycles. The van der Waals surface area contributed by atoms with Crippen LogP contribution >= 0.6 is 0 Å². The smallest absolute Gasteiger partial charge is 0.330 e. The van der Waals surface area contributed by atoms with Gasteiger partial charge >= 0.3 is 11.6 Å². The fourth-order valence-corrected chi connectivity index (χ4v) is 2.91. The molecule has 7 atom stereocenters. The van der Waals surface area contributed by atoms with Crippen LogP contribution in [-0.2, 0) is 14.2 Å². The summed E-state index contributed by atoms with van der Waals surface area (Å²) in [6.45, 7) is -1.52. The second kappa shape index (κ2) is 7.35. The summed E-state index contributed by atoms with van der Waals surface area (Å²) < 4.78 is 43.5. The van der Waals surface area contributed by atoms with E-state index in [1.54, 1.807) is 0 Å². The van der Waals surface area contributed by atoms with Crippen LogP contribution < -0.4 is 11.2 Å². The monoisotopic (exact) mass is 396 g/mol. The van der Waals surface area contributed by atoms with Gasteiger partial charge in [0.15, 0.2) is 12.3 Å². The molecule has 1 aromatic rings. The van der Waals surface area contributed by atoms with Crippen molar-refractivity contribution < 1.29 is 43.4 Å². The van der Waals surface area contributed by atoms with Crippen LogP contribution in [-0.4, -0.2) is 85.9 Å². The normalized spacial score (nSPS) is 38.4. The zero-order valence-corrected chi connectivity index (χ0v) is 13.6. The molecule has 1 aromatic heterocycles. The van der Waals surface area contributed by atoms with Crippen LogP contribution in [0, 0.1) is 0 Å². The topological polar surface area (TPSA) is 163 Å². The fourth-order valence-electron chi connectivity index (χ4n) is 2.91. The highest BCUT2D eigenvalue weighted by Gasteiger charge is 2.59. The van der Waals surface area contributed by atoms with E-state index in [0.29, 0.717) is 0 Å². The quantitative estimate of drug-likeness (QED) is 0.346. The molecule has 2 aliphatic rings. The van der Waals surface area contributed by atoms with Crippen LogP contribution in [0.15, 0.2) is 21.9 Å². The third kappa shape index (κ3) is 3.54. The lowest BCUT2D eigenvalue weighted by Gasteiger charge is -2.22. The number of hydrogen-bond donors (Lipinski definition) is 5. The Morgan fingerprint density at radius 2 is 1.89 bits per heavy atom. The van der Waals surface area contributed by atoms with Crippen molar-refractivity contribution >= 4 is 0 Å². The average Bonchev–Trinajstić information content (AvgIpc) is 3.01. The van der Waals surface area contributed by atoms with Crippen LogP contribution in [0.3, 0.4) is 0 Å². The summed E-state index contributed by atoms with van der Waals surface area (Å²) in [5.41, 5.74) is -1.58. The molecule has 0 aromatic carbocycles. The average molecular weight is 396 g/mol. The Hall–Kier alpha value is -1.74. The lowest BCUT2D eigenvalue weighted by molar-refractivity contribution is -0.237. The number of aliphatic hydroxyl groups excluding tert-OH is 4. The van der Waals surface area contributed by atoms with Crippen molar-refractivity contribution in [3.63, 3.8) is 0 Å². The lowest BCUT2D eigenvalue weighted by atomic mass is 10.1. The minimum absolute atomic E-state index is 0.669. The Labute approximate surface area is 149 Å². The standard InChI is InChI=1S/C14H18F2N2O9/c15-14(16)10(23)5(3-19)27-12(14)25-4-6-8(21)9(22)11(26-6)18-2-1-7(20)17-13(18)24/h1-2,5-6,8-12,19,21-23H,3-4H2,(H,17,20,24)/t5-,6-,8-,9-,10-,11-,12-/m1/s1. The number of H-pyrrole nitrogens is 1. The molecule has 0 radical (unpaired) electrons. The molecule has 0 amide bonds. The van der Waals surface area contributed by atoms with E-state index in [1.165, 1.54) is 0 Å². The van der Waals surface area contributed by atoms with Crippen LogP contribution in [0.2, 0.25) is 0 Å². The fraction of sp³-hybridized carbons (Fsp3) is 0.714. The molecule has 5 N–H and O–H groups in total. The third-order valence-corrected chi connectivity index (χ3v) is 4.41. The van der Waals surface area contributed by atoms with Gasteiger partial charge in [-0.05, 0) is 0 Å². The van der Waals surface area contributed by atoms with E-state index in [9.17, 15) is 33.7 Å². The van der Waals surface area contributed by atoms with E-state index in [2.05, 4.69) is 0 Å². The van der Waals surface area contributed by atoms with Crippen LogP contribution in [0.4, 0.5) is 8.78 Å². The van der Waals surface area contributed by atoms with Crippen molar-refractivity contribution in [2.24, 2.45) is 0 Å². The zero-order valence-electron chi connectivity index (χ0n) is 13.6. The van der Waals surface area contributed by atoms with Crippen molar-refractivity contribution in [3.05, 3.63) is 33.1 Å². The molecule has 3 rings (SSSR count). The van der Waals surface area contributed by atoms with Crippen molar-refractivity contribution in [3.8, 4) is 0 Å². The second-order valence-corrected chi connectivity index (χ2v) is 6.21. The molecule has 0 aliphatic carbocycles. The van der Waals surface area contributed by atoms with Gasteiger partial charge in [-0.3, -0.25) is 14.3 Å². The number of aromatic amines is 1. The molecule has 0 bridgehead atoms. The Bertz CT molecular complexity index is 784. The van der Waals surface area contributed by atoms with Gasteiger partial charge in [0.2, 0.25) is 6.29 Å². The molecule has 11 nitrogen and oxygen atoms in total. The maximum atomic E-state index is 13.9. The van der Waals surface area contributed by atoms with Crippen molar-refractivity contribution in [1.29, 1.82) is 0 Å². The number of hydrogen-bond acceptors (Lipinski definition) is 9. The van der Waals surface area contributed by atoms with Gasteiger partial charge in [-0.25, -0.2) is 4.79 Å². The van der Waals surface area contributed by atoms with Gasteiger partial charge in [-0.2, -0.15) is 8.78 Å². The number of alkyl halides is 2. The number of aliphatic hydroxyl groups is 4. The zero-order chi connectivity index (χ0) is 19.9.